The van der Waals surface area contributed by atoms with Gasteiger partial charge in [-0.25, -0.2) is 18.7 Å². The summed E-state index contributed by atoms with van der Waals surface area (Å²) in [5.41, 5.74) is 1.58. The van der Waals surface area contributed by atoms with Gasteiger partial charge < -0.3 is 14.9 Å². The smallest absolute Gasteiger partial charge is 0.407 e. The quantitative estimate of drug-likeness (QED) is 0.770. The van der Waals surface area contributed by atoms with Gasteiger partial charge in [-0.15, -0.1) is 5.10 Å². The van der Waals surface area contributed by atoms with Crippen molar-refractivity contribution in [3.05, 3.63) is 36.3 Å². The molecule has 0 atom stereocenters. The number of hydrogen-bond donors (Lipinski definition) is 1. The minimum Gasteiger partial charge on any atom is -0.465 e. The van der Waals surface area contributed by atoms with Crippen molar-refractivity contribution in [1.82, 2.24) is 19.5 Å². The van der Waals surface area contributed by atoms with Crippen LogP contribution >= 0.6 is 11.3 Å². The molecule has 3 heterocycles. The average molecular weight is 347 g/mol. The zero-order chi connectivity index (χ0) is 16.7. The summed E-state index contributed by atoms with van der Waals surface area (Å²) in [6.07, 6.45) is 0.934. The molecule has 1 aliphatic heterocycles. The van der Waals surface area contributed by atoms with Gasteiger partial charge in [-0.05, 0) is 24.3 Å². The molecule has 0 saturated carbocycles. The molecule has 1 aliphatic rings. The Morgan fingerprint density at radius 3 is 2.50 bits per heavy atom. The Balaban J connectivity index is 1.54. The molecule has 0 radical (unpaired) electrons. The molecule has 1 saturated heterocycles. The van der Waals surface area contributed by atoms with Crippen molar-refractivity contribution in [2.45, 2.75) is 0 Å². The molecule has 1 aromatic carbocycles. The predicted octanol–water partition coefficient (Wildman–Crippen LogP) is 2.40. The molecule has 24 heavy (non-hydrogen) atoms. The topological polar surface area (TPSA) is 74.0 Å². The normalized spacial score (nSPS) is 15.2. The lowest BCUT2D eigenvalue weighted by Crippen LogP contribution is -2.48. The minimum atomic E-state index is -0.882. The van der Waals surface area contributed by atoms with Crippen molar-refractivity contribution in [2.75, 3.05) is 31.1 Å². The van der Waals surface area contributed by atoms with Crippen LogP contribution in [0.1, 0.15) is 0 Å². The number of fused-ring (bicyclic) bond motifs is 1. The highest BCUT2D eigenvalue weighted by Gasteiger charge is 2.23. The van der Waals surface area contributed by atoms with Crippen molar-refractivity contribution in [3.63, 3.8) is 0 Å². The van der Waals surface area contributed by atoms with Crippen LogP contribution in [0.15, 0.2) is 30.5 Å². The van der Waals surface area contributed by atoms with Gasteiger partial charge >= 0.3 is 6.09 Å². The lowest BCUT2D eigenvalue weighted by Gasteiger charge is -2.32. The first-order valence-corrected chi connectivity index (χ1v) is 8.27. The first kappa shape index (κ1) is 14.9. The van der Waals surface area contributed by atoms with E-state index in [9.17, 15) is 9.18 Å². The van der Waals surface area contributed by atoms with E-state index >= 15 is 0 Å². The molecular formula is C15H14FN5O2S. The standard InChI is InChI=1S/C15H14FN5O2S/c16-11-3-1-10(2-4-11)12-9-21-13(17-12)24-14(18-21)19-5-7-20(8-6-19)15(22)23/h1-4,9H,5-8H2,(H,22,23). The number of aromatic nitrogens is 3. The maximum atomic E-state index is 13.0. The molecule has 1 N–H and O–H groups in total. The summed E-state index contributed by atoms with van der Waals surface area (Å²) >= 11 is 1.46. The van der Waals surface area contributed by atoms with E-state index < -0.39 is 6.09 Å². The zero-order valence-electron chi connectivity index (χ0n) is 12.6. The lowest BCUT2D eigenvalue weighted by molar-refractivity contribution is 0.142. The summed E-state index contributed by atoms with van der Waals surface area (Å²) in [5.74, 6) is -0.277. The van der Waals surface area contributed by atoms with Crippen LogP contribution in [-0.4, -0.2) is 56.9 Å². The first-order chi connectivity index (χ1) is 11.6. The molecular weight excluding hydrogens is 333 g/mol. The van der Waals surface area contributed by atoms with Crippen LogP contribution in [0.2, 0.25) is 0 Å². The number of hydrogen-bond acceptors (Lipinski definition) is 5. The predicted molar refractivity (Wildman–Crippen MR) is 88.1 cm³/mol. The van der Waals surface area contributed by atoms with E-state index in [0.717, 1.165) is 21.3 Å². The molecule has 2 aromatic heterocycles. The molecule has 7 nitrogen and oxygen atoms in total. The zero-order valence-corrected chi connectivity index (χ0v) is 13.4. The SMILES string of the molecule is O=C(O)N1CCN(c2nn3cc(-c4ccc(F)cc4)nc3s2)CC1. The average Bonchev–Trinajstić information content (AvgIpc) is 3.14. The van der Waals surface area contributed by atoms with Crippen LogP contribution in [0.4, 0.5) is 14.3 Å². The molecule has 0 aliphatic carbocycles. The largest absolute Gasteiger partial charge is 0.465 e. The Morgan fingerprint density at radius 2 is 1.88 bits per heavy atom. The van der Waals surface area contributed by atoms with Crippen LogP contribution in [0.3, 0.4) is 0 Å². The number of piperazine rings is 1. The molecule has 4 rings (SSSR count). The fourth-order valence-electron chi connectivity index (χ4n) is 2.67. The Hall–Kier alpha value is -2.68. The third-order valence-electron chi connectivity index (χ3n) is 3.99. The highest BCUT2D eigenvalue weighted by molar-refractivity contribution is 7.20. The van der Waals surface area contributed by atoms with E-state index in [1.165, 1.54) is 28.4 Å². The second kappa shape index (κ2) is 5.75. The van der Waals surface area contributed by atoms with E-state index in [2.05, 4.69) is 15.0 Å². The number of benzene rings is 1. The van der Waals surface area contributed by atoms with Gasteiger partial charge in [0.2, 0.25) is 10.1 Å². The van der Waals surface area contributed by atoms with E-state index in [0.29, 0.717) is 26.2 Å². The fraction of sp³-hybridized carbons (Fsp3) is 0.267. The number of imidazole rings is 1. The molecule has 3 aromatic rings. The van der Waals surface area contributed by atoms with E-state index in [4.69, 9.17) is 5.11 Å². The van der Waals surface area contributed by atoms with Crippen molar-refractivity contribution in [1.29, 1.82) is 0 Å². The Morgan fingerprint density at radius 1 is 1.17 bits per heavy atom. The molecule has 0 spiro atoms. The number of nitrogens with zero attached hydrogens (tertiary/aromatic N) is 5. The van der Waals surface area contributed by atoms with Crippen LogP contribution in [0.5, 0.6) is 0 Å². The Kier molecular flexibility index (Phi) is 3.57. The van der Waals surface area contributed by atoms with Gasteiger partial charge in [-0.3, -0.25) is 0 Å². The maximum Gasteiger partial charge on any atom is 0.407 e. The summed E-state index contributed by atoms with van der Waals surface area (Å²) in [6.45, 7) is 2.18. The van der Waals surface area contributed by atoms with Crippen LogP contribution in [0.25, 0.3) is 16.2 Å². The summed E-state index contributed by atoms with van der Waals surface area (Å²) < 4.78 is 14.7. The van der Waals surface area contributed by atoms with E-state index in [-0.39, 0.29) is 5.82 Å². The summed E-state index contributed by atoms with van der Waals surface area (Å²) in [6, 6.07) is 6.19. The Bertz CT molecular complexity index is 852. The molecule has 0 unspecified atom stereocenters. The summed E-state index contributed by atoms with van der Waals surface area (Å²) in [4.78, 5) is 19.7. The van der Waals surface area contributed by atoms with Crippen molar-refractivity contribution < 1.29 is 14.3 Å². The minimum absolute atomic E-state index is 0.277. The van der Waals surface area contributed by atoms with Gasteiger partial charge in [0.15, 0.2) is 0 Å². The molecule has 0 bridgehead atoms. The number of amides is 1. The molecule has 124 valence electrons. The summed E-state index contributed by atoms with van der Waals surface area (Å²) in [7, 11) is 0. The number of rotatable bonds is 2. The Labute approximate surface area is 140 Å². The van der Waals surface area contributed by atoms with Gasteiger partial charge in [0.1, 0.15) is 5.82 Å². The number of carboxylic acid groups (broad SMARTS) is 1. The number of halogens is 1. The van der Waals surface area contributed by atoms with Crippen LogP contribution < -0.4 is 4.90 Å². The van der Waals surface area contributed by atoms with Crippen LogP contribution in [-0.2, 0) is 0 Å². The van der Waals surface area contributed by atoms with Gasteiger partial charge in [-0.1, -0.05) is 11.3 Å². The monoisotopic (exact) mass is 347 g/mol. The lowest BCUT2D eigenvalue weighted by atomic mass is 10.2. The van der Waals surface area contributed by atoms with Gasteiger partial charge in [0.25, 0.3) is 0 Å². The van der Waals surface area contributed by atoms with Gasteiger partial charge in [-0.2, -0.15) is 0 Å². The molecule has 1 amide bonds. The van der Waals surface area contributed by atoms with Gasteiger partial charge in [0, 0.05) is 31.7 Å². The molecule has 9 heteroatoms. The van der Waals surface area contributed by atoms with Gasteiger partial charge in [0.05, 0.1) is 11.9 Å². The van der Waals surface area contributed by atoms with Crippen molar-refractivity contribution in [3.8, 4) is 11.3 Å². The van der Waals surface area contributed by atoms with Crippen LogP contribution in [0, 0.1) is 5.82 Å². The van der Waals surface area contributed by atoms with E-state index in [1.807, 2.05) is 6.20 Å². The second-order valence-corrected chi connectivity index (χ2v) is 6.44. The number of carbonyl (C=O) groups is 1. The fourth-order valence-corrected chi connectivity index (χ4v) is 3.60. The van der Waals surface area contributed by atoms with E-state index in [1.54, 1.807) is 16.6 Å². The maximum absolute atomic E-state index is 13.0. The second-order valence-electron chi connectivity index (χ2n) is 5.50. The summed E-state index contributed by atoms with van der Waals surface area (Å²) in [5, 5.41) is 14.3. The highest BCUT2D eigenvalue weighted by atomic mass is 32.1. The molecule has 1 fully saturated rings. The van der Waals surface area contributed by atoms with Crippen molar-refractivity contribution >= 4 is 27.5 Å². The van der Waals surface area contributed by atoms with Crippen molar-refractivity contribution in [2.24, 2.45) is 0 Å². The number of anilines is 1. The first-order valence-electron chi connectivity index (χ1n) is 7.45. The highest BCUT2D eigenvalue weighted by Crippen LogP contribution is 2.27. The third-order valence-corrected chi connectivity index (χ3v) is 4.98. The third kappa shape index (κ3) is 2.67.